The smallest absolute Gasteiger partial charge is 0.491 e. The number of carbonyl (C=O) groups is 2. The molecule has 1 aromatic heterocycles. The molecule has 4 aromatic rings. The van der Waals surface area contributed by atoms with Gasteiger partial charge in [-0.15, -0.1) is 18.3 Å². The molecule has 1 fully saturated rings. The van der Waals surface area contributed by atoms with Gasteiger partial charge in [-0.05, 0) is 72.6 Å². The highest BCUT2D eigenvalue weighted by Gasteiger charge is 2.34. The predicted octanol–water partition coefficient (Wildman–Crippen LogP) is 7.46. The van der Waals surface area contributed by atoms with Gasteiger partial charge in [0, 0.05) is 31.0 Å². The summed E-state index contributed by atoms with van der Waals surface area (Å²) in [5.41, 5.74) is 2.96. The van der Waals surface area contributed by atoms with Gasteiger partial charge in [0.25, 0.3) is 0 Å². The number of thioether (sulfide) groups is 1. The van der Waals surface area contributed by atoms with E-state index in [4.69, 9.17) is 4.74 Å². The van der Waals surface area contributed by atoms with E-state index >= 15 is 0 Å². The average molecular weight is 722 g/mol. The van der Waals surface area contributed by atoms with Crippen molar-refractivity contribution >= 4 is 45.9 Å². The van der Waals surface area contributed by atoms with Crippen molar-refractivity contribution in [2.45, 2.75) is 32.3 Å². The summed E-state index contributed by atoms with van der Waals surface area (Å²) < 4.78 is 86.6. The lowest BCUT2D eigenvalue weighted by molar-refractivity contribution is -0.274. The second-order valence-corrected chi connectivity index (χ2v) is 11.8. The van der Waals surface area contributed by atoms with Crippen LogP contribution in [-0.4, -0.2) is 70.9 Å². The molecule has 1 N–H and O–H groups in total. The van der Waals surface area contributed by atoms with Crippen LogP contribution in [0.15, 0.2) is 72.0 Å². The van der Waals surface area contributed by atoms with E-state index in [0.29, 0.717) is 40.4 Å². The number of carbonyl (C=O) groups excluding carboxylic acids is 2. The molecular formula is C32H29F6N7O4S. The number of benzene rings is 3. The van der Waals surface area contributed by atoms with Gasteiger partial charge in [0.1, 0.15) is 17.8 Å². The molecule has 18 heteroatoms. The fourth-order valence-electron chi connectivity index (χ4n) is 4.74. The lowest BCUT2D eigenvalue weighted by Crippen LogP contribution is -2.31. The lowest BCUT2D eigenvalue weighted by Gasteiger charge is -2.23. The number of nitrogens with zero attached hydrogens (tertiary/aromatic N) is 6. The molecule has 1 aliphatic heterocycles. The minimum atomic E-state index is -4.81. The molecule has 264 valence electrons. The molecule has 0 bridgehead atoms. The molecule has 0 unspecified atom stereocenters. The third-order valence-electron chi connectivity index (χ3n) is 7.12. The maximum atomic E-state index is 13.2. The first kappa shape index (κ1) is 36.0. The molecule has 3 aromatic carbocycles. The number of aromatic nitrogens is 3. The average Bonchev–Trinajstić information content (AvgIpc) is 3.67. The van der Waals surface area contributed by atoms with Gasteiger partial charge in [-0.1, -0.05) is 18.7 Å². The number of hydrogen-bond acceptors (Lipinski definition) is 8. The van der Waals surface area contributed by atoms with Crippen LogP contribution in [0.3, 0.4) is 0 Å². The number of aliphatic imine (C=N–C) groups is 1. The number of alkyl halides is 6. The minimum absolute atomic E-state index is 0.0199. The topological polar surface area (TPSA) is 114 Å². The van der Waals surface area contributed by atoms with Crippen molar-refractivity contribution in [2.24, 2.45) is 4.99 Å². The Labute approximate surface area is 285 Å². The molecule has 2 heterocycles. The van der Waals surface area contributed by atoms with Crippen LogP contribution < -0.4 is 24.6 Å². The first-order valence-electron chi connectivity index (χ1n) is 14.9. The number of rotatable bonds is 10. The second-order valence-electron chi connectivity index (χ2n) is 10.9. The maximum absolute atomic E-state index is 13.2. The molecule has 11 nitrogen and oxygen atoms in total. The van der Waals surface area contributed by atoms with Crippen LogP contribution in [0.4, 0.5) is 48.2 Å². The Hall–Kier alpha value is -5.26. The fourth-order valence-corrected chi connectivity index (χ4v) is 5.60. The molecule has 0 spiro atoms. The van der Waals surface area contributed by atoms with Crippen molar-refractivity contribution in [2.75, 3.05) is 41.6 Å². The number of aryl methyl sites for hydroxylation is 1. The summed E-state index contributed by atoms with van der Waals surface area (Å²) in [6.07, 6.45) is -8.55. The molecule has 3 amide bonds. The van der Waals surface area contributed by atoms with Gasteiger partial charge < -0.3 is 19.7 Å². The zero-order valence-electron chi connectivity index (χ0n) is 26.7. The summed E-state index contributed by atoms with van der Waals surface area (Å²) in [5, 5.41) is 7.15. The second kappa shape index (κ2) is 14.7. The Kier molecular flexibility index (Phi) is 10.6. The first-order chi connectivity index (χ1) is 23.6. The highest BCUT2D eigenvalue weighted by atomic mass is 32.2. The quantitative estimate of drug-likeness (QED) is 0.168. The SMILES string of the molecule is CCc1cc(-c2ncn(-c3ccc(OC(F)(F)F)cc3)n2)ccc1NC(=O)/N=C1\SCC(=O)N1c1cc(N(C)C)ccc1OCCC(F)(F)F. The molecule has 1 saturated heterocycles. The Balaban J connectivity index is 1.34. The molecule has 0 saturated carbocycles. The molecule has 5 rings (SSSR count). The van der Waals surface area contributed by atoms with E-state index in [1.165, 1.54) is 29.2 Å². The third kappa shape index (κ3) is 9.04. The summed E-state index contributed by atoms with van der Waals surface area (Å²) in [5.74, 6) is -0.524. The van der Waals surface area contributed by atoms with Crippen LogP contribution >= 0.6 is 11.8 Å². The van der Waals surface area contributed by atoms with Crippen molar-refractivity contribution in [1.29, 1.82) is 0 Å². The first-order valence-corrected chi connectivity index (χ1v) is 15.9. The number of ether oxygens (including phenoxy) is 2. The molecule has 50 heavy (non-hydrogen) atoms. The number of amides is 3. The van der Waals surface area contributed by atoms with E-state index < -0.39 is 37.5 Å². The summed E-state index contributed by atoms with van der Waals surface area (Å²) in [4.78, 5) is 37.5. The molecule has 1 aliphatic rings. The Morgan fingerprint density at radius 3 is 2.44 bits per heavy atom. The molecule has 0 radical (unpaired) electrons. The van der Waals surface area contributed by atoms with Gasteiger partial charge in [0.15, 0.2) is 11.0 Å². The van der Waals surface area contributed by atoms with Crippen LogP contribution in [-0.2, 0) is 11.2 Å². The lowest BCUT2D eigenvalue weighted by atomic mass is 10.1. The van der Waals surface area contributed by atoms with Gasteiger partial charge in [0.2, 0.25) is 5.91 Å². The van der Waals surface area contributed by atoms with Crippen LogP contribution in [0.2, 0.25) is 0 Å². The largest absolute Gasteiger partial charge is 0.573 e. The summed E-state index contributed by atoms with van der Waals surface area (Å²) in [6, 6.07) is 14.0. The number of halogens is 6. The van der Waals surface area contributed by atoms with Crippen LogP contribution in [0.5, 0.6) is 11.5 Å². The normalized spacial score (nSPS) is 14.3. The molecule has 0 atom stereocenters. The molecular weight excluding hydrogens is 692 g/mol. The zero-order valence-corrected chi connectivity index (χ0v) is 27.5. The van der Waals surface area contributed by atoms with Gasteiger partial charge in [-0.3, -0.25) is 9.69 Å². The van der Waals surface area contributed by atoms with Crippen molar-refractivity contribution in [3.05, 3.63) is 72.6 Å². The zero-order chi connectivity index (χ0) is 36.2. The van der Waals surface area contributed by atoms with E-state index in [1.54, 1.807) is 49.3 Å². The summed E-state index contributed by atoms with van der Waals surface area (Å²) in [7, 11) is 3.51. The number of nitrogens with one attached hydrogen (secondary N) is 1. The highest BCUT2D eigenvalue weighted by molar-refractivity contribution is 8.15. The van der Waals surface area contributed by atoms with Gasteiger partial charge in [0.05, 0.1) is 30.2 Å². The summed E-state index contributed by atoms with van der Waals surface area (Å²) >= 11 is 0.997. The number of hydrogen-bond donors (Lipinski definition) is 1. The van der Waals surface area contributed by atoms with Gasteiger partial charge in [-0.2, -0.15) is 18.2 Å². The van der Waals surface area contributed by atoms with E-state index in [-0.39, 0.29) is 28.1 Å². The van der Waals surface area contributed by atoms with Crippen molar-refractivity contribution in [3.8, 4) is 28.6 Å². The number of urea groups is 1. The van der Waals surface area contributed by atoms with Crippen LogP contribution in [0.1, 0.15) is 18.9 Å². The molecule has 0 aliphatic carbocycles. The van der Waals surface area contributed by atoms with Gasteiger partial charge in [-0.25, -0.2) is 14.5 Å². The number of amidine groups is 1. The van der Waals surface area contributed by atoms with E-state index in [9.17, 15) is 35.9 Å². The van der Waals surface area contributed by atoms with E-state index in [1.807, 2.05) is 6.92 Å². The fraction of sp³-hybridized carbons (Fsp3) is 0.281. The number of anilines is 3. The highest BCUT2D eigenvalue weighted by Crippen LogP contribution is 2.38. The Morgan fingerprint density at radius 1 is 1.04 bits per heavy atom. The van der Waals surface area contributed by atoms with Crippen LogP contribution in [0.25, 0.3) is 17.1 Å². The van der Waals surface area contributed by atoms with Crippen LogP contribution in [0, 0.1) is 0 Å². The van der Waals surface area contributed by atoms with Crippen molar-refractivity contribution < 1.29 is 45.4 Å². The van der Waals surface area contributed by atoms with Crippen molar-refractivity contribution in [3.63, 3.8) is 0 Å². The standard InChI is InChI=1S/C32H29F6N7O4S/c1-4-19-15-20(28-39-18-44(42-28)21-6-9-23(10-7-21)49-32(36,37)38)5-11-24(19)40-29(47)41-30-45(27(46)17-50-30)25-16-22(43(2)3)8-12-26(25)48-14-13-31(33,34)35/h5-12,15-16,18H,4,13-14,17H2,1-3H3,(H,40,47)/b41-30-. The Bertz CT molecular complexity index is 1900. The van der Waals surface area contributed by atoms with E-state index in [0.717, 1.165) is 28.8 Å². The Morgan fingerprint density at radius 2 is 1.78 bits per heavy atom. The predicted molar refractivity (Wildman–Crippen MR) is 176 cm³/mol. The van der Waals surface area contributed by atoms with Gasteiger partial charge >= 0.3 is 18.6 Å². The maximum Gasteiger partial charge on any atom is 0.573 e. The minimum Gasteiger partial charge on any atom is -0.491 e. The van der Waals surface area contributed by atoms with Crippen molar-refractivity contribution in [1.82, 2.24) is 14.8 Å². The monoisotopic (exact) mass is 721 g/mol. The summed E-state index contributed by atoms with van der Waals surface area (Å²) in [6.45, 7) is 1.20. The third-order valence-corrected chi connectivity index (χ3v) is 8.04. The van der Waals surface area contributed by atoms with E-state index in [2.05, 4.69) is 25.1 Å².